The third kappa shape index (κ3) is 3.90. The van der Waals surface area contributed by atoms with Crippen LogP contribution in [0, 0.1) is 28.1 Å². The first-order valence-electron chi connectivity index (χ1n) is 11.8. The molecule has 30 heavy (non-hydrogen) atoms. The molecule has 6 nitrogen and oxygen atoms in total. The first-order chi connectivity index (χ1) is 14.0. The third-order valence-electron chi connectivity index (χ3n) is 9.41. The summed E-state index contributed by atoms with van der Waals surface area (Å²) in [5, 5.41) is 19.8. The van der Waals surface area contributed by atoms with Crippen LogP contribution in [0.3, 0.4) is 0 Å². The number of hydrogen-bond donors (Lipinski definition) is 2. The van der Waals surface area contributed by atoms with Crippen molar-refractivity contribution in [1.29, 1.82) is 0 Å². The predicted octanol–water partition coefficient (Wildman–Crippen LogP) is 4.50. The van der Waals surface area contributed by atoms with Crippen LogP contribution in [0.2, 0.25) is 0 Å². The lowest BCUT2D eigenvalue weighted by atomic mass is 9.54. The molecule has 0 bridgehead atoms. The summed E-state index contributed by atoms with van der Waals surface area (Å²) in [5.41, 5.74) is -1.12. The molecule has 0 radical (unpaired) electrons. The van der Waals surface area contributed by atoms with E-state index in [4.69, 9.17) is 9.47 Å². The van der Waals surface area contributed by atoms with Crippen molar-refractivity contribution in [3.05, 3.63) is 0 Å². The maximum atomic E-state index is 12.9. The lowest BCUT2D eigenvalue weighted by molar-refractivity contribution is -0.158. The van der Waals surface area contributed by atoms with E-state index in [1.165, 1.54) is 0 Å². The molecule has 170 valence electrons. The van der Waals surface area contributed by atoms with Crippen molar-refractivity contribution in [2.24, 2.45) is 28.1 Å². The highest BCUT2D eigenvalue weighted by molar-refractivity contribution is 5.75. The monoisotopic (exact) mass is 422 g/mol. The molecule has 0 aromatic rings. The molecule has 4 fully saturated rings. The second kappa shape index (κ2) is 7.47. The maximum Gasteiger partial charge on any atom is 0.309 e. The molecule has 0 amide bonds. The fourth-order valence-electron chi connectivity index (χ4n) is 6.97. The molecule has 0 spiro atoms. The number of carbonyl (C=O) groups is 2. The van der Waals surface area contributed by atoms with Crippen LogP contribution in [0.1, 0.15) is 85.5 Å². The van der Waals surface area contributed by atoms with E-state index >= 15 is 0 Å². The first-order valence-corrected chi connectivity index (χ1v) is 11.8. The number of carboxylic acids is 2. The Morgan fingerprint density at radius 2 is 1.40 bits per heavy atom. The van der Waals surface area contributed by atoms with E-state index in [-0.39, 0.29) is 29.5 Å². The van der Waals surface area contributed by atoms with E-state index in [9.17, 15) is 19.8 Å². The molecule has 2 heterocycles. The highest BCUT2D eigenvalue weighted by atomic mass is 16.6. The Bertz CT molecular complexity index is 666. The Hall–Kier alpha value is -1.14. The van der Waals surface area contributed by atoms with Gasteiger partial charge < -0.3 is 19.7 Å². The number of hydrogen-bond acceptors (Lipinski definition) is 4. The van der Waals surface area contributed by atoms with Crippen LogP contribution in [-0.4, -0.2) is 46.6 Å². The van der Waals surface area contributed by atoms with Crippen molar-refractivity contribution < 1.29 is 29.3 Å². The summed E-state index contributed by atoms with van der Waals surface area (Å²) < 4.78 is 11.7. The van der Waals surface area contributed by atoms with Gasteiger partial charge in [0.05, 0.1) is 29.8 Å². The summed E-state index contributed by atoms with van der Waals surface area (Å²) in [6.45, 7) is 8.89. The van der Waals surface area contributed by atoms with Gasteiger partial charge in [0, 0.05) is 6.42 Å². The highest BCUT2D eigenvalue weighted by Gasteiger charge is 2.60. The number of aliphatic carboxylic acids is 2. The summed E-state index contributed by atoms with van der Waals surface area (Å²) in [5.74, 6) is -0.969. The van der Waals surface area contributed by atoms with Crippen LogP contribution < -0.4 is 0 Å². The van der Waals surface area contributed by atoms with Gasteiger partial charge in [-0.25, -0.2) is 0 Å². The molecule has 2 aliphatic heterocycles. The van der Waals surface area contributed by atoms with E-state index in [2.05, 4.69) is 27.7 Å². The first kappa shape index (κ1) is 22.1. The topological polar surface area (TPSA) is 99.7 Å². The van der Waals surface area contributed by atoms with E-state index in [0.717, 1.165) is 25.7 Å². The molecule has 4 aliphatic rings. The number of epoxide rings is 2. The van der Waals surface area contributed by atoms with Crippen molar-refractivity contribution >= 4 is 11.9 Å². The number of fused-ring (bicyclic) bond motifs is 2. The minimum atomic E-state index is -0.912. The largest absolute Gasteiger partial charge is 0.481 e. The molecule has 8 unspecified atom stereocenters. The molecule has 6 heteroatoms. The standard InChI is InChI=1S/C24H38O6/c1-14-19-16(29-19)7-10-22(14,3)12-24(21(27)28,9-5-6-18(25)26)13-23(4)11-8-17-20(30-17)15(23)2/h14-17,19-20H,5-13H2,1-4H3,(H,25,26)(H,27,28). The van der Waals surface area contributed by atoms with Gasteiger partial charge in [-0.15, -0.1) is 0 Å². The van der Waals surface area contributed by atoms with Gasteiger partial charge in [-0.1, -0.05) is 27.7 Å². The van der Waals surface area contributed by atoms with Gasteiger partial charge in [-0.05, 0) is 74.0 Å². The fraction of sp³-hybridized carbons (Fsp3) is 0.917. The lowest BCUT2D eigenvalue weighted by Crippen LogP contribution is -2.47. The summed E-state index contributed by atoms with van der Waals surface area (Å²) >= 11 is 0. The zero-order chi connectivity index (χ0) is 21.9. The smallest absolute Gasteiger partial charge is 0.309 e. The Morgan fingerprint density at radius 1 is 0.933 bits per heavy atom. The van der Waals surface area contributed by atoms with Crippen molar-refractivity contribution in [2.75, 3.05) is 0 Å². The zero-order valence-corrected chi connectivity index (χ0v) is 18.9. The van der Waals surface area contributed by atoms with E-state index < -0.39 is 17.4 Å². The average molecular weight is 423 g/mol. The number of carboxylic acid groups (broad SMARTS) is 2. The molecular weight excluding hydrogens is 384 g/mol. The van der Waals surface area contributed by atoms with E-state index in [1.54, 1.807) is 0 Å². The zero-order valence-electron chi connectivity index (χ0n) is 18.9. The normalized spacial score (nSPS) is 46.3. The molecule has 0 aromatic heterocycles. The lowest BCUT2D eigenvalue weighted by Gasteiger charge is -2.49. The maximum absolute atomic E-state index is 12.9. The quantitative estimate of drug-likeness (QED) is 0.531. The SMILES string of the molecule is CC1C2OC2CCC1(C)CC(CCCC(=O)O)(CC1(C)CCC2OC2C1C)C(=O)O. The van der Waals surface area contributed by atoms with Crippen molar-refractivity contribution in [2.45, 2.75) is 110 Å². The highest BCUT2D eigenvalue weighted by Crippen LogP contribution is 2.60. The number of rotatable bonds is 9. The van der Waals surface area contributed by atoms with E-state index in [1.807, 2.05) is 0 Å². The van der Waals surface area contributed by atoms with Gasteiger partial charge in [-0.3, -0.25) is 9.59 Å². The Morgan fingerprint density at radius 3 is 1.80 bits per heavy atom. The van der Waals surface area contributed by atoms with E-state index in [0.29, 0.717) is 49.7 Å². The predicted molar refractivity (Wildman–Crippen MR) is 111 cm³/mol. The van der Waals surface area contributed by atoms with Crippen LogP contribution in [0.15, 0.2) is 0 Å². The van der Waals surface area contributed by atoms with Crippen LogP contribution in [0.25, 0.3) is 0 Å². The van der Waals surface area contributed by atoms with Crippen LogP contribution in [0.5, 0.6) is 0 Å². The molecule has 2 saturated carbocycles. The fourth-order valence-corrected chi connectivity index (χ4v) is 6.97. The average Bonchev–Trinajstić information content (AvgIpc) is 3.56. The Kier molecular flexibility index (Phi) is 5.50. The molecule has 2 N–H and O–H groups in total. The van der Waals surface area contributed by atoms with Gasteiger partial charge in [0.1, 0.15) is 0 Å². The summed E-state index contributed by atoms with van der Waals surface area (Å²) in [7, 11) is 0. The van der Waals surface area contributed by atoms with Gasteiger partial charge in [-0.2, -0.15) is 0 Å². The van der Waals surface area contributed by atoms with Crippen molar-refractivity contribution in [3.8, 4) is 0 Å². The van der Waals surface area contributed by atoms with Crippen LogP contribution in [0.4, 0.5) is 0 Å². The molecule has 4 rings (SSSR count). The van der Waals surface area contributed by atoms with Gasteiger partial charge >= 0.3 is 11.9 Å². The summed E-state index contributed by atoms with van der Waals surface area (Å²) in [6.07, 6.45) is 7.24. The number of ether oxygens (including phenoxy) is 2. The van der Waals surface area contributed by atoms with Gasteiger partial charge in [0.2, 0.25) is 0 Å². The Balaban J connectivity index is 1.60. The Labute approximate surface area is 179 Å². The van der Waals surface area contributed by atoms with Gasteiger partial charge in [0.25, 0.3) is 0 Å². The van der Waals surface area contributed by atoms with Crippen molar-refractivity contribution in [1.82, 2.24) is 0 Å². The van der Waals surface area contributed by atoms with Crippen molar-refractivity contribution in [3.63, 3.8) is 0 Å². The minimum absolute atomic E-state index is 0.0230. The van der Waals surface area contributed by atoms with Crippen LogP contribution in [-0.2, 0) is 19.1 Å². The minimum Gasteiger partial charge on any atom is -0.481 e. The molecular formula is C24H38O6. The second-order valence-corrected chi connectivity index (χ2v) is 11.4. The third-order valence-corrected chi connectivity index (χ3v) is 9.41. The van der Waals surface area contributed by atoms with Crippen LogP contribution >= 0.6 is 0 Å². The molecule has 8 atom stereocenters. The molecule has 0 aromatic carbocycles. The van der Waals surface area contributed by atoms with Gasteiger partial charge in [0.15, 0.2) is 0 Å². The summed E-state index contributed by atoms with van der Waals surface area (Å²) in [4.78, 5) is 24.1. The molecule has 2 aliphatic carbocycles. The second-order valence-electron chi connectivity index (χ2n) is 11.4. The summed E-state index contributed by atoms with van der Waals surface area (Å²) in [6, 6.07) is 0. The molecule has 2 saturated heterocycles.